The first-order valence-electron chi connectivity index (χ1n) is 21.8. The second-order valence-electron chi connectivity index (χ2n) is 14.1. The number of esters is 2. The number of allylic oxidation sites excluding steroid dienone is 15. The third kappa shape index (κ3) is 41.1. The molecular weight excluding hydrogens is 753 g/mol. The minimum atomic E-state index is -4.45. The Morgan fingerprint density at radius 1 is 0.603 bits per heavy atom. The molecule has 0 saturated heterocycles. The van der Waals surface area contributed by atoms with Crippen molar-refractivity contribution in [3.05, 3.63) is 97.2 Å². The topological polar surface area (TPSA) is 155 Å². The van der Waals surface area contributed by atoms with E-state index in [1.807, 2.05) is 12.2 Å². The Bertz CT molecular complexity index is 1280. The number of phosphoric ester groups is 1. The molecular formula is C47H78NO9P. The van der Waals surface area contributed by atoms with E-state index in [0.29, 0.717) is 19.3 Å². The molecule has 0 aliphatic carbocycles. The first-order valence-corrected chi connectivity index (χ1v) is 23.3. The molecule has 0 aromatic rings. The van der Waals surface area contributed by atoms with Crippen LogP contribution in [0, 0.1) is 0 Å². The molecule has 0 saturated carbocycles. The Hall–Kier alpha value is -3.11. The third-order valence-corrected chi connectivity index (χ3v) is 9.53. The van der Waals surface area contributed by atoms with Gasteiger partial charge in [0.15, 0.2) is 6.10 Å². The molecule has 0 heterocycles. The number of ether oxygens (including phenoxy) is 2. The lowest BCUT2D eigenvalue weighted by atomic mass is 10.1. The third-order valence-electron chi connectivity index (χ3n) is 8.55. The van der Waals surface area contributed by atoms with Crippen molar-refractivity contribution >= 4 is 19.8 Å². The van der Waals surface area contributed by atoms with Crippen molar-refractivity contribution in [2.75, 3.05) is 26.4 Å². The van der Waals surface area contributed by atoms with Crippen LogP contribution in [-0.4, -0.2) is 60.5 Å². The molecule has 4 N–H and O–H groups in total. The largest absolute Gasteiger partial charge is 0.472 e. The number of aliphatic hydroxyl groups excluding tert-OH is 1. The summed E-state index contributed by atoms with van der Waals surface area (Å²) in [5.41, 5.74) is 5.33. The monoisotopic (exact) mass is 832 g/mol. The van der Waals surface area contributed by atoms with E-state index in [1.54, 1.807) is 12.2 Å². The standard InChI is InChI=1S/C47H78NO9P/c1-3-5-7-9-11-13-15-17-18-19-20-21-22-24-26-28-30-32-34-38-46(50)54-42-45(43-56-58(52,53)55-41-40-48)57-47(51)39-35-37-44(49)36-33-31-29-27-25-23-16-14-12-10-8-6-4-2/h11-14,17-18,20-21,23-26,29,31,33,36,44-45,49H,3-10,15-16,19,22,27-28,30,32,34-35,37-43,48H2,1-2H3,(H,52,53)/b13-11-,14-12-,18-17-,21-20-,25-23-,26-24-,31-29-,36-33+/t44-,45+/m0/s1. The van der Waals surface area contributed by atoms with Crippen LogP contribution in [0.2, 0.25) is 0 Å². The fourth-order valence-electron chi connectivity index (χ4n) is 5.25. The quantitative estimate of drug-likeness (QED) is 0.0179. The minimum absolute atomic E-state index is 0.0110. The summed E-state index contributed by atoms with van der Waals surface area (Å²) in [7, 11) is -4.45. The van der Waals surface area contributed by atoms with Crippen molar-refractivity contribution in [2.45, 2.75) is 161 Å². The van der Waals surface area contributed by atoms with Crippen LogP contribution >= 0.6 is 7.82 Å². The van der Waals surface area contributed by atoms with Gasteiger partial charge in [0.25, 0.3) is 0 Å². The fourth-order valence-corrected chi connectivity index (χ4v) is 6.01. The van der Waals surface area contributed by atoms with Gasteiger partial charge in [-0.25, -0.2) is 4.57 Å². The maximum absolute atomic E-state index is 12.6. The summed E-state index contributed by atoms with van der Waals surface area (Å²) < 4.78 is 32.6. The van der Waals surface area contributed by atoms with E-state index in [1.165, 1.54) is 44.9 Å². The zero-order valence-electron chi connectivity index (χ0n) is 35.8. The molecule has 0 amide bonds. The highest BCUT2D eigenvalue weighted by Crippen LogP contribution is 2.43. The lowest BCUT2D eigenvalue weighted by Crippen LogP contribution is -2.29. The van der Waals surface area contributed by atoms with Gasteiger partial charge in [-0.2, -0.15) is 0 Å². The maximum atomic E-state index is 12.6. The average molecular weight is 832 g/mol. The van der Waals surface area contributed by atoms with Crippen LogP contribution in [0.4, 0.5) is 0 Å². The first-order chi connectivity index (χ1) is 28.2. The van der Waals surface area contributed by atoms with E-state index in [4.69, 9.17) is 24.3 Å². The Balaban J connectivity index is 4.43. The number of hydrogen-bond acceptors (Lipinski definition) is 9. The highest BCUT2D eigenvalue weighted by molar-refractivity contribution is 7.47. The molecule has 0 fully saturated rings. The van der Waals surface area contributed by atoms with Gasteiger partial charge in [0.1, 0.15) is 6.61 Å². The summed E-state index contributed by atoms with van der Waals surface area (Å²) in [5, 5.41) is 10.3. The van der Waals surface area contributed by atoms with Crippen LogP contribution in [0.15, 0.2) is 97.2 Å². The summed E-state index contributed by atoms with van der Waals surface area (Å²) in [6.45, 7) is 3.38. The summed E-state index contributed by atoms with van der Waals surface area (Å²) >= 11 is 0. The fraction of sp³-hybridized carbons (Fsp3) is 0.617. The number of carbonyl (C=O) groups excluding carboxylic acids is 2. The Kier molecular flexibility index (Phi) is 39.8. The predicted molar refractivity (Wildman–Crippen MR) is 239 cm³/mol. The van der Waals surface area contributed by atoms with Gasteiger partial charge in [-0.15, -0.1) is 0 Å². The van der Waals surface area contributed by atoms with E-state index in [0.717, 1.165) is 57.8 Å². The number of nitrogens with two attached hydrogens (primary N) is 1. The van der Waals surface area contributed by atoms with Crippen molar-refractivity contribution < 1.29 is 42.7 Å². The minimum Gasteiger partial charge on any atom is -0.462 e. The van der Waals surface area contributed by atoms with Gasteiger partial charge in [-0.3, -0.25) is 18.6 Å². The normalized spacial score (nSPS) is 14.8. The van der Waals surface area contributed by atoms with Crippen LogP contribution in [0.1, 0.15) is 149 Å². The van der Waals surface area contributed by atoms with Crippen molar-refractivity contribution in [1.82, 2.24) is 0 Å². The molecule has 1 unspecified atom stereocenters. The zero-order valence-corrected chi connectivity index (χ0v) is 36.7. The zero-order chi connectivity index (χ0) is 42.6. The van der Waals surface area contributed by atoms with Crippen molar-refractivity contribution in [3.63, 3.8) is 0 Å². The maximum Gasteiger partial charge on any atom is 0.472 e. The Morgan fingerprint density at radius 3 is 1.64 bits per heavy atom. The van der Waals surface area contributed by atoms with E-state index in [9.17, 15) is 24.2 Å². The second kappa shape index (κ2) is 42.0. The summed E-state index contributed by atoms with van der Waals surface area (Å²) in [6.07, 6.45) is 50.4. The summed E-state index contributed by atoms with van der Waals surface area (Å²) in [6, 6.07) is 0. The van der Waals surface area contributed by atoms with Gasteiger partial charge < -0.3 is 25.2 Å². The van der Waals surface area contributed by atoms with Gasteiger partial charge in [0.05, 0.1) is 19.3 Å². The first kappa shape index (κ1) is 54.9. The molecule has 0 aromatic heterocycles. The lowest BCUT2D eigenvalue weighted by Gasteiger charge is -2.20. The van der Waals surface area contributed by atoms with E-state index in [-0.39, 0.29) is 32.6 Å². The van der Waals surface area contributed by atoms with Crippen LogP contribution < -0.4 is 5.73 Å². The van der Waals surface area contributed by atoms with Gasteiger partial charge in [0.2, 0.25) is 0 Å². The van der Waals surface area contributed by atoms with E-state index in [2.05, 4.69) is 86.8 Å². The van der Waals surface area contributed by atoms with Crippen LogP contribution in [0.3, 0.4) is 0 Å². The smallest absolute Gasteiger partial charge is 0.462 e. The molecule has 3 atom stereocenters. The molecule has 10 nitrogen and oxygen atoms in total. The Morgan fingerprint density at radius 2 is 1.10 bits per heavy atom. The molecule has 0 aliphatic heterocycles. The van der Waals surface area contributed by atoms with E-state index >= 15 is 0 Å². The molecule has 330 valence electrons. The number of hydrogen-bond donors (Lipinski definition) is 3. The van der Waals surface area contributed by atoms with E-state index < -0.39 is 38.6 Å². The molecule has 0 aliphatic rings. The molecule has 0 spiro atoms. The SMILES string of the molecule is CCCCC/C=C\C/C=C\C/C=C\C=C\[C@H](O)CCCC(=O)O[C@H](COC(=O)CCCCC/C=C\C/C=C\C/C=C\C/C=C\CCCCC)COP(=O)(O)OCCN. The predicted octanol–water partition coefficient (Wildman–Crippen LogP) is 11.6. The van der Waals surface area contributed by atoms with Gasteiger partial charge >= 0.3 is 19.8 Å². The van der Waals surface area contributed by atoms with Crippen LogP contribution in [-0.2, 0) is 32.7 Å². The second-order valence-corrected chi connectivity index (χ2v) is 15.5. The Labute approximate surface area is 351 Å². The van der Waals surface area contributed by atoms with Crippen molar-refractivity contribution in [1.29, 1.82) is 0 Å². The van der Waals surface area contributed by atoms with Crippen LogP contribution in [0.5, 0.6) is 0 Å². The molecule has 0 bridgehead atoms. The molecule has 0 rings (SSSR count). The van der Waals surface area contributed by atoms with Crippen molar-refractivity contribution in [2.24, 2.45) is 5.73 Å². The molecule has 11 heteroatoms. The number of unbranched alkanes of at least 4 members (excludes halogenated alkanes) is 9. The van der Waals surface area contributed by atoms with Gasteiger partial charge in [-0.1, -0.05) is 143 Å². The van der Waals surface area contributed by atoms with Gasteiger partial charge in [-0.05, 0) is 89.9 Å². The summed E-state index contributed by atoms with van der Waals surface area (Å²) in [5.74, 6) is -1.08. The number of carbonyl (C=O) groups is 2. The summed E-state index contributed by atoms with van der Waals surface area (Å²) in [4.78, 5) is 34.9. The molecule has 58 heavy (non-hydrogen) atoms. The lowest BCUT2D eigenvalue weighted by molar-refractivity contribution is -0.161. The highest BCUT2D eigenvalue weighted by atomic mass is 31.2. The van der Waals surface area contributed by atoms with Gasteiger partial charge in [0, 0.05) is 19.4 Å². The number of phosphoric acid groups is 1. The average Bonchev–Trinajstić information content (AvgIpc) is 3.20. The number of rotatable bonds is 39. The van der Waals surface area contributed by atoms with Crippen molar-refractivity contribution in [3.8, 4) is 0 Å². The number of aliphatic hydroxyl groups is 1. The van der Waals surface area contributed by atoms with Crippen LogP contribution in [0.25, 0.3) is 0 Å². The molecule has 0 aromatic carbocycles. The molecule has 0 radical (unpaired) electrons. The highest BCUT2D eigenvalue weighted by Gasteiger charge is 2.26.